The largest absolute Gasteiger partial charge is 0.383 e. The molecule has 2 amide bonds. The van der Waals surface area contributed by atoms with Crippen LogP contribution in [0.5, 0.6) is 0 Å². The van der Waals surface area contributed by atoms with Crippen LogP contribution < -0.4 is 27.2 Å². The molecule has 0 saturated carbocycles. The van der Waals surface area contributed by atoms with Crippen molar-refractivity contribution in [1.29, 1.82) is 0 Å². The van der Waals surface area contributed by atoms with Crippen molar-refractivity contribution in [3.63, 3.8) is 0 Å². The van der Waals surface area contributed by atoms with Crippen LogP contribution in [0.25, 0.3) is 0 Å². The summed E-state index contributed by atoms with van der Waals surface area (Å²) < 4.78 is 6.93. The zero-order valence-corrected chi connectivity index (χ0v) is 17.6. The summed E-state index contributed by atoms with van der Waals surface area (Å²) in [5, 5.41) is 2.87. The zero-order valence-electron chi connectivity index (χ0n) is 17.6. The number of nitrogens with two attached hydrogens (primary N) is 1. The molecule has 162 valence electrons. The van der Waals surface area contributed by atoms with Crippen LogP contribution >= 0.6 is 0 Å². The third kappa shape index (κ3) is 5.10. The Hall–Kier alpha value is -3.07. The second-order valence-electron chi connectivity index (χ2n) is 8.49. The topological polar surface area (TPSA) is 122 Å². The van der Waals surface area contributed by atoms with E-state index in [9.17, 15) is 14.4 Å². The molecule has 1 aromatic heterocycles. The number of carbonyl (C=O) groups excluding carboxylic acids is 1. The fraction of sp³-hybridized carbons (Fsp3) is 0.476. The lowest BCUT2D eigenvalue weighted by atomic mass is 10.1. The Balaban J connectivity index is 2.04. The Morgan fingerprint density at radius 2 is 2.00 bits per heavy atom. The molecule has 1 fully saturated rings. The molecule has 3 rings (SSSR count). The van der Waals surface area contributed by atoms with Crippen molar-refractivity contribution in [2.75, 3.05) is 23.8 Å². The maximum atomic E-state index is 13.1. The van der Waals surface area contributed by atoms with E-state index in [-0.39, 0.29) is 30.7 Å². The average Bonchev–Trinajstić information content (AvgIpc) is 3.17. The van der Waals surface area contributed by atoms with Crippen LogP contribution in [0.15, 0.2) is 39.9 Å². The van der Waals surface area contributed by atoms with Crippen molar-refractivity contribution in [1.82, 2.24) is 14.9 Å². The fourth-order valence-corrected chi connectivity index (χ4v) is 3.42. The summed E-state index contributed by atoms with van der Waals surface area (Å²) in [6, 6.07) is 8.81. The van der Waals surface area contributed by atoms with Crippen LogP contribution in [0.2, 0.25) is 0 Å². The van der Waals surface area contributed by atoms with Gasteiger partial charge in [-0.15, -0.1) is 0 Å². The first kappa shape index (κ1) is 21.6. The van der Waals surface area contributed by atoms with E-state index in [1.807, 2.05) is 51.1 Å². The first-order chi connectivity index (χ1) is 14.2. The van der Waals surface area contributed by atoms with Crippen LogP contribution in [-0.4, -0.2) is 40.4 Å². The molecule has 9 nitrogen and oxygen atoms in total. The van der Waals surface area contributed by atoms with Crippen molar-refractivity contribution in [3.8, 4) is 0 Å². The predicted octanol–water partition coefficient (Wildman–Crippen LogP) is 1.66. The van der Waals surface area contributed by atoms with Gasteiger partial charge in [0, 0.05) is 12.1 Å². The molecule has 1 saturated heterocycles. The van der Waals surface area contributed by atoms with E-state index in [1.54, 1.807) is 0 Å². The number of aromatic amines is 1. The number of nitrogen functional groups attached to an aromatic ring is 1. The van der Waals surface area contributed by atoms with E-state index in [0.29, 0.717) is 6.61 Å². The van der Waals surface area contributed by atoms with E-state index in [2.05, 4.69) is 10.3 Å². The molecule has 4 N–H and O–H groups in total. The van der Waals surface area contributed by atoms with Crippen LogP contribution in [0.1, 0.15) is 39.2 Å². The second kappa shape index (κ2) is 8.74. The van der Waals surface area contributed by atoms with Gasteiger partial charge in [0.15, 0.2) is 5.69 Å². The number of anilines is 2. The number of nitrogens with one attached hydrogen (secondary N) is 2. The number of carbonyl (C=O) groups is 1. The summed E-state index contributed by atoms with van der Waals surface area (Å²) in [6.07, 6.45) is 1.46. The van der Waals surface area contributed by atoms with Crippen molar-refractivity contribution in [2.24, 2.45) is 0 Å². The van der Waals surface area contributed by atoms with Gasteiger partial charge in [-0.25, -0.2) is 9.59 Å². The van der Waals surface area contributed by atoms with Gasteiger partial charge in [-0.3, -0.25) is 19.2 Å². The minimum absolute atomic E-state index is 0.0530. The number of urea groups is 1. The molecule has 1 atom stereocenters. The van der Waals surface area contributed by atoms with Crippen molar-refractivity contribution < 1.29 is 9.53 Å². The molecule has 0 spiro atoms. The minimum Gasteiger partial charge on any atom is -0.383 e. The Morgan fingerprint density at radius 1 is 1.30 bits per heavy atom. The maximum absolute atomic E-state index is 13.1. The highest BCUT2D eigenvalue weighted by Crippen LogP contribution is 2.22. The van der Waals surface area contributed by atoms with Gasteiger partial charge >= 0.3 is 11.7 Å². The Kier molecular flexibility index (Phi) is 6.31. The summed E-state index contributed by atoms with van der Waals surface area (Å²) >= 11 is 0. The minimum atomic E-state index is -0.705. The molecule has 0 aliphatic carbocycles. The van der Waals surface area contributed by atoms with Crippen molar-refractivity contribution in [2.45, 2.75) is 51.8 Å². The van der Waals surface area contributed by atoms with Gasteiger partial charge in [0.2, 0.25) is 0 Å². The summed E-state index contributed by atoms with van der Waals surface area (Å²) in [7, 11) is 0. The third-order valence-corrected chi connectivity index (χ3v) is 4.80. The lowest BCUT2D eigenvalue weighted by molar-refractivity contribution is 0.116. The van der Waals surface area contributed by atoms with Crippen LogP contribution in [0.3, 0.4) is 0 Å². The van der Waals surface area contributed by atoms with Gasteiger partial charge in [-0.05, 0) is 39.2 Å². The molecular formula is C21H29N5O4. The molecule has 1 aromatic carbocycles. The van der Waals surface area contributed by atoms with Crippen LogP contribution in [-0.2, 0) is 11.3 Å². The molecule has 9 heteroatoms. The molecule has 1 aliphatic rings. The average molecular weight is 415 g/mol. The standard InChI is InChI=1S/C21H29N5O4/c1-21(2,3)24-20(29)25(13-15-10-7-11-30-15)16-17(22)26(19(28)23-18(16)27)12-14-8-5-4-6-9-14/h4-6,8-9,15H,7,10-13,22H2,1-3H3,(H,24,29)(H,23,27,28)/t15-/m0/s1. The molecule has 2 heterocycles. The number of nitrogens with zero attached hydrogens (tertiary/aromatic N) is 2. The number of hydrogen-bond acceptors (Lipinski definition) is 5. The lowest BCUT2D eigenvalue weighted by Gasteiger charge is -2.30. The first-order valence-electron chi connectivity index (χ1n) is 10.0. The smallest absolute Gasteiger partial charge is 0.330 e. The Bertz CT molecular complexity index is 1000. The summed E-state index contributed by atoms with van der Waals surface area (Å²) in [6.45, 7) is 6.48. The summed E-state index contributed by atoms with van der Waals surface area (Å²) in [5.74, 6) is -0.0605. The number of amides is 2. The lowest BCUT2D eigenvalue weighted by Crippen LogP contribution is -2.53. The Morgan fingerprint density at radius 3 is 2.60 bits per heavy atom. The van der Waals surface area contributed by atoms with Gasteiger partial charge in [-0.1, -0.05) is 30.3 Å². The summed E-state index contributed by atoms with van der Waals surface area (Å²) in [4.78, 5) is 41.9. The van der Waals surface area contributed by atoms with Crippen LogP contribution in [0.4, 0.5) is 16.3 Å². The fourth-order valence-electron chi connectivity index (χ4n) is 3.42. The third-order valence-electron chi connectivity index (χ3n) is 4.80. The molecule has 0 bridgehead atoms. The molecule has 30 heavy (non-hydrogen) atoms. The maximum Gasteiger partial charge on any atom is 0.330 e. The van der Waals surface area contributed by atoms with Gasteiger partial charge in [-0.2, -0.15) is 0 Å². The van der Waals surface area contributed by atoms with Crippen LogP contribution in [0, 0.1) is 0 Å². The molecular weight excluding hydrogens is 386 g/mol. The number of rotatable bonds is 5. The van der Waals surface area contributed by atoms with Crippen molar-refractivity contribution >= 4 is 17.5 Å². The van der Waals surface area contributed by atoms with E-state index in [1.165, 1.54) is 9.47 Å². The van der Waals surface area contributed by atoms with Gasteiger partial charge in [0.1, 0.15) is 5.82 Å². The van der Waals surface area contributed by atoms with E-state index >= 15 is 0 Å². The quantitative estimate of drug-likeness (QED) is 0.685. The predicted molar refractivity (Wildman–Crippen MR) is 116 cm³/mol. The summed E-state index contributed by atoms with van der Waals surface area (Å²) in [5.41, 5.74) is 5.23. The SMILES string of the molecule is CC(C)(C)NC(=O)N(C[C@@H]1CCCO1)c1c(N)n(Cc2ccccc2)c(=O)[nH]c1=O. The first-order valence-corrected chi connectivity index (χ1v) is 10.0. The normalized spacial score (nSPS) is 16.4. The molecule has 1 aliphatic heterocycles. The van der Waals surface area contributed by atoms with Gasteiger partial charge in [0.05, 0.1) is 19.2 Å². The van der Waals surface area contributed by atoms with Gasteiger partial charge < -0.3 is 15.8 Å². The zero-order chi connectivity index (χ0) is 21.9. The molecule has 2 aromatic rings. The van der Waals surface area contributed by atoms with E-state index in [4.69, 9.17) is 10.5 Å². The molecule has 0 unspecified atom stereocenters. The second-order valence-corrected chi connectivity index (χ2v) is 8.49. The highest BCUT2D eigenvalue weighted by Gasteiger charge is 2.30. The monoisotopic (exact) mass is 415 g/mol. The van der Waals surface area contributed by atoms with E-state index in [0.717, 1.165) is 18.4 Å². The number of ether oxygens (including phenoxy) is 1. The number of benzene rings is 1. The van der Waals surface area contributed by atoms with Gasteiger partial charge in [0.25, 0.3) is 5.56 Å². The number of H-pyrrole nitrogens is 1. The highest BCUT2D eigenvalue weighted by molar-refractivity contribution is 5.94. The number of hydrogen-bond donors (Lipinski definition) is 3. The highest BCUT2D eigenvalue weighted by atomic mass is 16.5. The molecule has 0 radical (unpaired) electrons. The van der Waals surface area contributed by atoms with Crippen molar-refractivity contribution in [3.05, 3.63) is 56.7 Å². The number of aromatic nitrogens is 2. The van der Waals surface area contributed by atoms with E-state index < -0.39 is 22.8 Å². The Labute approximate surface area is 174 Å².